The van der Waals surface area contributed by atoms with E-state index in [4.69, 9.17) is 23.2 Å². The van der Waals surface area contributed by atoms with Gasteiger partial charge in [-0.1, -0.05) is 53.5 Å². The van der Waals surface area contributed by atoms with Crippen LogP contribution in [-0.2, 0) is 10.3 Å². The third-order valence-corrected chi connectivity index (χ3v) is 9.30. The standard InChI is InChI=1S/C30H27Cl2N3O3/c31-20-6-2-4-18(12-20)26-27-25(14-23(33-27)17-3-1-5-19(11-17)28(36)37)35(15-16-7-8-16)30(26)22-10-9-21(32)13-24(22)34-29(30)38/h1-6,9-13,16,23,25-27,33H,7-8,14-15H2,(H,34,38)(H,36,37)/t23-,25-,26-,27+,30+/m0/s1. The highest BCUT2D eigenvalue weighted by Crippen LogP contribution is 2.60. The molecule has 2 saturated heterocycles. The molecule has 5 atom stereocenters. The molecule has 3 aromatic rings. The largest absolute Gasteiger partial charge is 0.478 e. The Balaban J connectivity index is 1.39. The summed E-state index contributed by atoms with van der Waals surface area (Å²) in [5.41, 5.74) is 3.06. The van der Waals surface area contributed by atoms with Gasteiger partial charge in [-0.3, -0.25) is 9.69 Å². The molecule has 194 valence electrons. The minimum atomic E-state index is -0.936. The Labute approximate surface area is 230 Å². The third-order valence-electron chi connectivity index (χ3n) is 8.83. The summed E-state index contributed by atoms with van der Waals surface area (Å²) in [6, 6.07) is 20.7. The Morgan fingerprint density at radius 1 is 1.00 bits per heavy atom. The Morgan fingerprint density at radius 3 is 2.53 bits per heavy atom. The van der Waals surface area contributed by atoms with Gasteiger partial charge in [-0.2, -0.15) is 0 Å². The first-order valence-electron chi connectivity index (χ1n) is 13.1. The molecule has 38 heavy (non-hydrogen) atoms. The molecule has 0 bridgehead atoms. The van der Waals surface area contributed by atoms with Crippen molar-refractivity contribution in [2.75, 3.05) is 11.9 Å². The molecule has 3 N–H and O–H groups in total. The highest BCUT2D eigenvalue weighted by atomic mass is 35.5. The molecule has 6 nitrogen and oxygen atoms in total. The van der Waals surface area contributed by atoms with Gasteiger partial charge in [0.25, 0.3) is 0 Å². The van der Waals surface area contributed by atoms with Crippen LogP contribution in [0.4, 0.5) is 5.69 Å². The second-order valence-corrected chi connectivity index (χ2v) is 11.9. The number of carboxylic acids is 1. The van der Waals surface area contributed by atoms with Gasteiger partial charge >= 0.3 is 5.97 Å². The molecular formula is C30H27Cl2N3O3. The van der Waals surface area contributed by atoms with E-state index in [1.807, 2.05) is 42.5 Å². The number of halogens is 2. The maximum absolute atomic E-state index is 14.2. The number of amides is 1. The van der Waals surface area contributed by atoms with Gasteiger partial charge < -0.3 is 15.7 Å². The normalized spacial score (nSPS) is 29.9. The number of carboxylic acid groups (broad SMARTS) is 1. The van der Waals surface area contributed by atoms with Crippen LogP contribution in [0.1, 0.15) is 58.3 Å². The zero-order valence-electron chi connectivity index (χ0n) is 20.5. The fourth-order valence-electron chi connectivity index (χ4n) is 7.15. The number of carbonyl (C=O) groups is 2. The second kappa shape index (κ2) is 8.82. The molecule has 1 spiro atoms. The van der Waals surface area contributed by atoms with E-state index in [0.29, 0.717) is 16.0 Å². The van der Waals surface area contributed by atoms with E-state index in [-0.39, 0.29) is 35.5 Å². The number of carbonyl (C=O) groups excluding carboxylic acids is 1. The van der Waals surface area contributed by atoms with Crippen molar-refractivity contribution in [1.82, 2.24) is 10.2 Å². The van der Waals surface area contributed by atoms with Gasteiger partial charge in [-0.05, 0) is 72.7 Å². The molecule has 0 aromatic heterocycles. The van der Waals surface area contributed by atoms with Crippen LogP contribution in [0, 0.1) is 5.92 Å². The lowest BCUT2D eigenvalue weighted by atomic mass is 9.74. The van der Waals surface area contributed by atoms with Crippen LogP contribution < -0.4 is 10.6 Å². The number of fused-ring (bicyclic) bond motifs is 3. The summed E-state index contributed by atoms with van der Waals surface area (Å²) in [5, 5.41) is 17.8. The van der Waals surface area contributed by atoms with Crippen LogP contribution in [0.3, 0.4) is 0 Å². The highest BCUT2D eigenvalue weighted by molar-refractivity contribution is 6.31. The molecule has 4 aliphatic rings. The van der Waals surface area contributed by atoms with Gasteiger partial charge in [0.1, 0.15) is 5.54 Å². The Bertz CT molecular complexity index is 1470. The molecule has 1 saturated carbocycles. The predicted octanol–water partition coefficient (Wildman–Crippen LogP) is 5.82. The lowest BCUT2D eigenvalue weighted by Crippen LogP contribution is -2.53. The number of nitrogens with one attached hydrogen (secondary N) is 2. The summed E-state index contributed by atoms with van der Waals surface area (Å²) in [6.45, 7) is 0.831. The zero-order valence-corrected chi connectivity index (χ0v) is 22.0. The van der Waals surface area contributed by atoms with E-state index in [2.05, 4.69) is 21.6 Å². The average molecular weight is 548 g/mol. The number of hydrogen-bond donors (Lipinski definition) is 3. The third kappa shape index (κ3) is 3.62. The monoisotopic (exact) mass is 547 g/mol. The predicted molar refractivity (Wildman–Crippen MR) is 147 cm³/mol. The van der Waals surface area contributed by atoms with E-state index < -0.39 is 11.5 Å². The van der Waals surface area contributed by atoms with Crippen LogP contribution in [0.15, 0.2) is 66.7 Å². The number of anilines is 1. The van der Waals surface area contributed by atoms with E-state index in [1.165, 1.54) is 12.8 Å². The first-order chi connectivity index (χ1) is 18.4. The number of aromatic carboxylic acids is 1. The molecule has 8 heteroatoms. The Morgan fingerprint density at radius 2 is 1.76 bits per heavy atom. The van der Waals surface area contributed by atoms with Gasteiger partial charge in [-0.25, -0.2) is 4.79 Å². The molecule has 3 heterocycles. The van der Waals surface area contributed by atoms with E-state index in [9.17, 15) is 14.7 Å². The van der Waals surface area contributed by atoms with Crippen molar-refractivity contribution in [2.24, 2.45) is 5.92 Å². The number of benzene rings is 3. The SMILES string of the molecule is O=C(O)c1cccc([C@@H]2C[C@H]3[C@@H](N2)[C@H](c2cccc(Cl)c2)[C@]2(C(=O)Nc4cc(Cl)ccc42)N3CC2CC2)c1. The van der Waals surface area contributed by atoms with Crippen molar-refractivity contribution in [1.29, 1.82) is 0 Å². The Kier molecular flexibility index (Phi) is 5.61. The topological polar surface area (TPSA) is 81.7 Å². The summed E-state index contributed by atoms with van der Waals surface area (Å²) in [7, 11) is 0. The number of likely N-dealkylation sites (tertiary alicyclic amines) is 1. The summed E-state index contributed by atoms with van der Waals surface area (Å²) in [6.07, 6.45) is 3.10. The van der Waals surface area contributed by atoms with Gasteiger partial charge in [0, 0.05) is 51.9 Å². The fourth-order valence-corrected chi connectivity index (χ4v) is 7.52. The van der Waals surface area contributed by atoms with Crippen molar-refractivity contribution in [3.63, 3.8) is 0 Å². The van der Waals surface area contributed by atoms with E-state index >= 15 is 0 Å². The smallest absolute Gasteiger partial charge is 0.335 e. The maximum atomic E-state index is 14.2. The molecule has 7 rings (SSSR count). The summed E-state index contributed by atoms with van der Waals surface area (Å²) in [4.78, 5) is 28.3. The summed E-state index contributed by atoms with van der Waals surface area (Å²) < 4.78 is 0. The summed E-state index contributed by atoms with van der Waals surface area (Å²) >= 11 is 12.9. The van der Waals surface area contributed by atoms with Crippen LogP contribution in [-0.4, -0.2) is 40.5 Å². The maximum Gasteiger partial charge on any atom is 0.335 e. The van der Waals surface area contributed by atoms with Crippen molar-refractivity contribution < 1.29 is 14.7 Å². The van der Waals surface area contributed by atoms with Crippen molar-refractivity contribution in [2.45, 2.75) is 48.8 Å². The first-order valence-corrected chi connectivity index (χ1v) is 13.8. The molecule has 3 aromatic carbocycles. The van der Waals surface area contributed by atoms with E-state index in [1.54, 1.807) is 18.2 Å². The molecule has 0 unspecified atom stereocenters. The Hall–Kier alpha value is -2.90. The molecule has 1 amide bonds. The van der Waals surface area contributed by atoms with Crippen LogP contribution >= 0.6 is 23.2 Å². The number of hydrogen-bond acceptors (Lipinski definition) is 4. The lowest BCUT2D eigenvalue weighted by molar-refractivity contribution is -0.128. The zero-order chi connectivity index (χ0) is 26.2. The number of rotatable bonds is 5. The molecule has 3 fully saturated rings. The van der Waals surface area contributed by atoms with Crippen LogP contribution in [0.2, 0.25) is 10.0 Å². The van der Waals surface area contributed by atoms with Gasteiger partial charge in [0.15, 0.2) is 0 Å². The van der Waals surface area contributed by atoms with Gasteiger partial charge in [0.05, 0.1) is 5.56 Å². The molecular weight excluding hydrogens is 521 g/mol. The van der Waals surface area contributed by atoms with Crippen molar-refractivity contribution in [3.05, 3.63) is 99.0 Å². The summed E-state index contributed by atoms with van der Waals surface area (Å²) in [5.74, 6) is -0.612. The molecule has 0 radical (unpaired) electrons. The minimum Gasteiger partial charge on any atom is -0.478 e. The van der Waals surface area contributed by atoms with Crippen molar-refractivity contribution >= 4 is 40.8 Å². The lowest BCUT2D eigenvalue weighted by Gasteiger charge is -2.41. The fraction of sp³-hybridized carbons (Fsp3) is 0.333. The van der Waals surface area contributed by atoms with E-state index in [0.717, 1.165) is 35.3 Å². The quantitative estimate of drug-likeness (QED) is 0.375. The van der Waals surface area contributed by atoms with Crippen LogP contribution in [0.25, 0.3) is 0 Å². The van der Waals surface area contributed by atoms with Crippen molar-refractivity contribution in [3.8, 4) is 0 Å². The molecule has 1 aliphatic carbocycles. The average Bonchev–Trinajstić information content (AvgIpc) is 3.46. The highest BCUT2D eigenvalue weighted by Gasteiger charge is 2.68. The van der Waals surface area contributed by atoms with Crippen LogP contribution in [0.5, 0.6) is 0 Å². The minimum absolute atomic E-state index is 0.0268. The number of nitrogens with zero attached hydrogens (tertiary/aromatic N) is 1. The second-order valence-electron chi connectivity index (χ2n) is 11.0. The molecule has 3 aliphatic heterocycles. The van der Waals surface area contributed by atoms with Gasteiger partial charge in [0.2, 0.25) is 5.91 Å². The first kappa shape index (κ1) is 24.2. The van der Waals surface area contributed by atoms with Gasteiger partial charge in [-0.15, -0.1) is 0 Å².